The first-order chi connectivity index (χ1) is 14.1. The van der Waals surface area contributed by atoms with Crippen molar-refractivity contribution >= 4 is 29.4 Å². The van der Waals surface area contributed by atoms with Gasteiger partial charge in [0.2, 0.25) is 0 Å². The van der Waals surface area contributed by atoms with Crippen LogP contribution in [0.1, 0.15) is 45.4 Å². The van der Waals surface area contributed by atoms with Crippen LogP contribution in [-0.2, 0) is 14.3 Å². The minimum atomic E-state index is -0.547. The summed E-state index contributed by atoms with van der Waals surface area (Å²) >= 11 is 1.67. The molecule has 7 heteroatoms. The maximum Gasteiger partial charge on any atom is 0.321 e. The number of hydrogen-bond donors (Lipinski definition) is 1. The number of nitrogens with one attached hydrogen (secondary N) is 1. The molecule has 3 rings (SSSR count). The lowest BCUT2D eigenvalue weighted by molar-refractivity contribution is -0.162. The van der Waals surface area contributed by atoms with Crippen molar-refractivity contribution in [2.75, 3.05) is 37.9 Å². The van der Waals surface area contributed by atoms with Gasteiger partial charge in [-0.3, -0.25) is 4.79 Å². The quantitative estimate of drug-likeness (QED) is 0.540. The Morgan fingerprint density at radius 1 is 1.24 bits per heavy atom. The van der Waals surface area contributed by atoms with Crippen LogP contribution in [0.3, 0.4) is 0 Å². The molecule has 2 saturated heterocycles. The lowest BCUT2D eigenvalue weighted by atomic mass is 9.73. The first-order valence-electron chi connectivity index (χ1n) is 10.5. The van der Waals surface area contributed by atoms with E-state index in [-0.39, 0.29) is 18.1 Å². The third kappa shape index (κ3) is 5.66. The highest BCUT2D eigenvalue weighted by molar-refractivity contribution is 7.98. The molecule has 160 valence electrons. The molecule has 29 heavy (non-hydrogen) atoms. The molecule has 1 N–H and O–H groups in total. The minimum absolute atomic E-state index is 0.114. The second-order valence-electron chi connectivity index (χ2n) is 7.84. The van der Waals surface area contributed by atoms with Crippen molar-refractivity contribution < 1.29 is 19.1 Å². The van der Waals surface area contributed by atoms with Crippen molar-refractivity contribution in [1.29, 1.82) is 0 Å². The largest absolute Gasteiger partial charge is 0.466 e. The van der Waals surface area contributed by atoms with Crippen molar-refractivity contribution in [2.24, 2.45) is 5.41 Å². The van der Waals surface area contributed by atoms with Gasteiger partial charge in [-0.1, -0.05) is 0 Å². The Morgan fingerprint density at radius 2 is 1.97 bits per heavy atom. The Balaban J connectivity index is 1.60. The van der Waals surface area contributed by atoms with Crippen LogP contribution in [-0.4, -0.2) is 55.6 Å². The average Bonchev–Trinajstić information content (AvgIpc) is 2.75. The van der Waals surface area contributed by atoms with Gasteiger partial charge < -0.3 is 19.7 Å². The number of ether oxygens (including phenoxy) is 2. The number of likely N-dealkylation sites (tertiary alicyclic amines) is 1. The van der Waals surface area contributed by atoms with Crippen LogP contribution >= 0.6 is 11.8 Å². The van der Waals surface area contributed by atoms with E-state index in [4.69, 9.17) is 9.47 Å². The molecule has 0 unspecified atom stereocenters. The van der Waals surface area contributed by atoms with Gasteiger partial charge in [0.1, 0.15) is 0 Å². The van der Waals surface area contributed by atoms with Gasteiger partial charge in [-0.15, -0.1) is 11.8 Å². The number of carbonyl (C=O) groups is 2. The molecule has 2 amide bonds. The smallest absolute Gasteiger partial charge is 0.321 e. The number of esters is 1. The number of carbonyl (C=O) groups excluding carboxylic acids is 2. The first kappa shape index (κ1) is 22.0. The van der Waals surface area contributed by atoms with Gasteiger partial charge in [-0.05, 0) is 76.0 Å². The summed E-state index contributed by atoms with van der Waals surface area (Å²) in [6.07, 6.45) is 7.30. The van der Waals surface area contributed by atoms with E-state index in [2.05, 4.69) is 5.32 Å². The summed E-state index contributed by atoms with van der Waals surface area (Å²) in [5.41, 5.74) is 0.236. The molecule has 2 heterocycles. The van der Waals surface area contributed by atoms with E-state index in [1.165, 1.54) is 0 Å². The maximum absolute atomic E-state index is 12.8. The van der Waals surface area contributed by atoms with Gasteiger partial charge >= 0.3 is 12.0 Å². The fourth-order valence-corrected chi connectivity index (χ4v) is 4.60. The molecule has 6 nitrogen and oxygen atoms in total. The Hall–Kier alpha value is -1.73. The summed E-state index contributed by atoms with van der Waals surface area (Å²) in [5, 5.41) is 2.96. The van der Waals surface area contributed by atoms with Crippen molar-refractivity contribution in [3.8, 4) is 0 Å². The first-order valence-corrected chi connectivity index (χ1v) is 11.8. The summed E-state index contributed by atoms with van der Waals surface area (Å²) in [4.78, 5) is 28.5. The predicted octanol–water partition coefficient (Wildman–Crippen LogP) is 4.54. The fourth-order valence-electron chi connectivity index (χ4n) is 4.19. The minimum Gasteiger partial charge on any atom is -0.466 e. The number of thioether (sulfide) groups is 1. The standard InChI is InChI=1S/C22H32N2O4S/c1-3-27-20(25)22(16-18-6-4-5-15-28-18)11-13-24(14-12-22)21(26)23-17-7-9-19(29-2)10-8-17/h7-10,18H,3-6,11-16H2,1-2H3,(H,23,26)/t18-/m1/s1. The Bertz CT molecular complexity index is 681. The van der Waals surface area contributed by atoms with Gasteiger partial charge in [0.05, 0.1) is 18.1 Å². The highest BCUT2D eigenvalue weighted by atomic mass is 32.2. The zero-order valence-corrected chi connectivity index (χ0v) is 18.3. The molecule has 2 aliphatic rings. The van der Waals surface area contributed by atoms with E-state index >= 15 is 0 Å². The SMILES string of the molecule is CCOC(=O)C1(C[C@H]2CCCCO2)CCN(C(=O)Nc2ccc(SC)cc2)CC1. The number of amides is 2. The molecule has 0 aromatic heterocycles. The second-order valence-corrected chi connectivity index (χ2v) is 8.72. The number of nitrogens with zero attached hydrogens (tertiary/aromatic N) is 1. The zero-order valence-electron chi connectivity index (χ0n) is 17.4. The van der Waals surface area contributed by atoms with Gasteiger partial charge in [0.25, 0.3) is 0 Å². The third-order valence-electron chi connectivity index (χ3n) is 5.95. The highest BCUT2D eigenvalue weighted by Crippen LogP contribution is 2.40. The van der Waals surface area contributed by atoms with Crippen LogP contribution in [0, 0.1) is 5.41 Å². The van der Waals surface area contributed by atoms with E-state index in [0.29, 0.717) is 39.0 Å². The van der Waals surface area contributed by atoms with Crippen molar-refractivity contribution in [1.82, 2.24) is 4.90 Å². The summed E-state index contributed by atoms with van der Waals surface area (Å²) < 4.78 is 11.3. The van der Waals surface area contributed by atoms with Crippen molar-refractivity contribution in [3.05, 3.63) is 24.3 Å². The zero-order chi connectivity index (χ0) is 20.7. The Labute approximate surface area is 177 Å². The molecule has 0 aliphatic carbocycles. The number of benzene rings is 1. The van der Waals surface area contributed by atoms with Crippen molar-refractivity contribution in [3.63, 3.8) is 0 Å². The van der Waals surface area contributed by atoms with Crippen LogP contribution < -0.4 is 5.32 Å². The van der Waals surface area contributed by atoms with Gasteiger partial charge in [0, 0.05) is 30.3 Å². The van der Waals surface area contributed by atoms with E-state index in [1.54, 1.807) is 16.7 Å². The molecule has 1 aromatic carbocycles. The monoisotopic (exact) mass is 420 g/mol. The number of anilines is 1. The number of piperidine rings is 1. The predicted molar refractivity (Wildman–Crippen MR) is 115 cm³/mol. The molecule has 2 aliphatic heterocycles. The Morgan fingerprint density at radius 3 is 2.55 bits per heavy atom. The molecule has 0 bridgehead atoms. The van der Waals surface area contributed by atoms with Crippen LogP contribution in [0.25, 0.3) is 0 Å². The van der Waals surface area contributed by atoms with Crippen LogP contribution in [0.5, 0.6) is 0 Å². The van der Waals surface area contributed by atoms with E-state index in [0.717, 1.165) is 36.5 Å². The molecule has 1 atom stereocenters. The summed E-state index contributed by atoms with van der Waals surface area (Å²) in [6, 6.07) is 7.70. The third-order valence-corrected chi connectivity index (χ3v) is 6.69. The Kier molecular flexibility index (Phi) is 7.84. The van der Waals surface area contributed by atoms with E-state index in [9.17, 15) is 9.59 Å². The van der Waals surface area contributed by atoms with Crippen LogP contribution in [0.2, 0.25) is 0 Å². The van der Waals surface area contributed by atoms with Crippen molar-refractivity contribution in [2.45, 2.75) is 56.4 Å². The number of rotatable bonds is 6. The topological polar surface area (TPSA) is 67.9 Å². The van der Waals surface area contributed by atoms with Crippen LogP contribution in [0.15, 0.2) is 29.2 Å². The second kappa shape index (κ2) is 10.3. The van der Waals surface area contributed by atoms with Gasteiger partial charge in [-0.2, -0.15) is 0 Å². The highest BCUT2D eigenvalue weighted by Gasteiger charge is 2.45. The molecule has 0 saturated carbocycles. The van der Waals surface area contributed by atoms with E-state index in [1.807, 2.05) is 37.4 Å². The number of urea groups is 1. The summed E-state index contributed by atoms with van der Waals surface area (Å²) in [7, 11) is 0. The molecular weight excluding hydrogens is 388 g/mol. The summed E-state index contributed by atoms with van der Waals surface area (Å²) in [6.45, 7) is 4.07. The molecule has 2 fully saturated rings. The molecule has 0 spiro atoms. The fraction of sp³-hybridized carbons (Fsp3) is 0.636. The normalized spacial score (nSPS) is 21.4. The number of hydrogen-bond acceptors (Lipinski definition) is 5. The van der Waals surface area contributed by atoms with Gasteiger partial charge in [0.15, 0.2) is 0 Å². The van der Waals surface area contributed by atoms with Crippen LogP contribution in [0.4, 0.5) is 10.5 Å². The average molecular weight is 421 g/mol. The lowest BCUT2D eigenvalue weighted by Gasteiger charge is -2.42. The molecule has 1 aromatic rings. The molecule has 0 radical (unpaired) electrons. The molecular formula is C22H32N2O4S. The summed E-state index contributed by atoms with van der Waals surface area (Å²) in [5.74, 6) is -0.137. The van der Waals surface area contributed by atoms with Gasteiger partial charge in [-0.25, -0.2) is 4.79 Å². The maximum atomic E-state index is 12.8. The van der Waals surface area contributed by atoms with E-state index < -0.39 is 5.41 Å². The lowest BCUT2D eigenvalue weighted by Crippen LogP contribution is -2.49.